The maximum atomic E-state index is 12.0. The molecule has 0 aromatic heterocycles. The predicted molar refractivity (Wildman–Crippen MR) is 119 cm³/mol. The lowest BCUT2D eigenvalue weighted by atomic mass is 10.1. The van der Waals surface area contributed by atoms with Crippen molar-refractivity contribution in [2.45, 2.75) is 66.2 Å². The van der Waals surface area contributed by atoms with Crippen LogP contribution in [0.15, 0.2) is 24.3 Å². The highest BCUT2D eigenvalue weighted by atomic mass is 16.2. The molecule has 0 aliphatic heterocycles. The van der Waals surface area contributed by atoms with Gasteiger partial charge in [-0.25, -0.2) is 0 Å². The van der Waals surface area contributed by atoms with Gasteiger partial charge in [0.15, 0.2) is 0 Å². The number of benzene rings is 1. The first-order chi connectivity index (χ1) is 13.9. The molecule has 158 valence electrons. The van der Waals surface area contributed by atoms with E-state index in [1.165, 1.54) is 12.8 Å². The molecule has 1 aromatic carbocycles. The summed E-state index contributed by atoms with van der Waals surface area (Å²) >= 11 is 0. The molecular formula is C24H35N3O2. The maximum Gasteiger partial charge on any atom is 0.241 e. The first-order valence-electron chi connectivity index (χ1n) is 10.7. The number of hydrogen-bond acceptors (Lipinski definition) is 3. The summed E-state index contributed by atoms with van der Waals surface area (Å²) in [6, 6.07) is 7.56. The van der Waals surface area contributed by atoms with Crippen LogP contribution in [-0.4, -0.2) is 35.6 Å². The third-order valence-electron chi connectivity index (χ3n) is 4.57. The summed E-state index contributed by atoms with van der Waals surface area (Å²) in [6.07, 6.45) is 5.51. The lowest BCUT2D eigenvalue weighted by Gasteiger charge is -2.25. The minimum Gasteiger partial charge on any atom is -0.357 e. The van der Waals surface area contributed by atoms with Crippen LogP contribution in [-0.2, 0) is 9.59 Å². The van der Waals surface area contributed by atoms with E-state index in [0.29, 0.717) is 18.7 Å². The molecule has 0 spiro atoms. The Morgan fingerprint density at radius 2 is 1.72 bits per heavy atom. The van der Waals surface area contributed by atoms with Gasteiger partial charge >= 0.3 is 0 Å². The lowest BCUT2D eigenvalue weighted by molar-refractivity contribution is -0.131. The molecule has 1 rings (SSSR count). The summed E-state index contributed by atoms with van der Waals surface area (Å²) < 4.78 is 0. The number of amides is 2. The summed E-state index contributed by atoms with van der Waals surface area (Å²) in [4.78, 5) is 25.6. The van der Waals surface area contributed by atoms with E-state index in [9.17, 15) is 9.59 Å². The number of amidine groups is 1. The highest BCUT2D eigenvalue weighted by molar-refractivity contribution is 5.97. The topological polar surface area (TPSA) is 73.3 Å². The first kappa shape index (κ1) is 24.4. The second-order valence-corrected chi connectivity index (χ2v) is 7.27. The molecule has 0 fully saturated rings. The lowest BCUT2D eigenvalue weighted by Crippen LogP contribution is -2.33. The van der Waals surface area contributed by atoms with Gasteiger partial charge < -0.3 is 4.90 Å². The van der Waals surface area contributed by atoms with Gasteiger partial charge in [-0.2, -0.15) is 0 Å². The number of carbonyl (C=O) groups excluding carboxylic acids is 2. The van der Waals surface area contributed by atoms with Crippen LogP contribution in [0.4, 0.5) is 0 Å². The van der Waals surface area contributed by atoms with Crippen LogP contribution in [0, 0.1) is 23.2 Å². The number of unbranched alkanes of at least 4 members (excludes halogenated alkanes) is 2. The van der Waals surface area contributed by atoms with Crippen molar-refractivity contribution >= 4 is 17.6 Å². The normalized spacial score (nSPS) is 11.2. The standard InChI is InChI=1S/C24H35N3O2/c1-5-8-9-18-27(17-7-3)23(25)21-15-13-20(14-16-21)12-11-19(4)24(29)26-22(28)10-6-2/h13-16,19,25H,5-10,17-18H2,1-4H3,(H,26,28,29). The molecule has 29 heavy (non-hydrogen) atoms. The van der Waals surface area contributed by atoms with Gasteiger partial charge in [-0.15, -0.1) is 0 Å². The van der Waals surface area contributed by atoms with E-state index < -0.39 is 5.92 Å². The zero-order valence-electron chi connectivity index (χ0n) is 18.3. The third-order valence-corrected chi connectivity index (χ3v) is 4.57. The molecule has 0 aliphatic rings. The van der Waals surface area contributed by atoms with Crippen molar-refractivity contribution in [3.63, 3.8) is 0 Å². The Labute approximate surface area is 175 Å². The summed E-state index contributed by atoms with van der Waals surface area (Å²) in [5.41, 5.74) is 1.66. The van der Waals surface area contributed by atoms with Crippen molar-refractivity contribution in [1.82, 2.24) is 10.2 Å². The molecule has 5 nitrogen and oxygen atoms in total. The fourth-order valence-corrected chi connectivity index (χ4v) is 2.84. The summed E-state index contributed by atoms with van der Waals surface area (Å²) in [5, 5.41) is 10.9. The predicted octanol–water partition coefficient (Wildman–Crippen LogP) is 4.34. The number of hydrogen-bond donors (Lipinski definition) is 2. The van der Waals surface area contributed by atoms with E-state index in [-0.39, 0.29) is 11.8 Å². The van der Waals surface area contributed by atoms with E-state index in [1.54, 1.807) is 6.92 Å². The Morgan fingerprint density at radius 3 is 2.31 bits per heavy atom. The smallest absolute Gasteiger partial charge is 0.241 e. The van der Waals surface area contributed by atoms with Gasteiger partial charge in [0.1, 0.15) is 5.84 Å². The molecule has 1 atom stereocenters. The molecule has 0 saturated heterocycles. The molecule has 0 bridgehead atoms. The van der Waals surface area contributed by atoms with Crippen LogP contribution in [0.25, 0.3) is 0 Å². The molecule has 1 unspecified atom stereocenters. The zero-order valence-corrected chi connectivity index (χ0v) is 18.3. The average Bonchev–Trinajstić information content (AvgIpc) is 2.71. The molecule has 0 aliphatic carbocycles. The summed E-state index contributed by atoms with van der Waals surface area (Å²) in [5.74, 6) is 5.24. The van der Waals surface area contributed by atoms with Crippen molar-refractivity contribution < 1.29 is 9.59 Å². The van der Waals surface area contributed by atoms with E-state index >= 15 is 0 Å². The Hall–Kier alpha value is -2.61. The molecule has 2 amide bonds. The number of nitrogens with one attached hydrogen (secondary N) is 2. The minimum atomic E-state index is -0.563. The number of nitrogens with zero attached hydrogens (tertiary/aromatic N) is 1. The van der Waals surface area contributed by atoms with Crippen LogP contribution >= 0.6 is 0 Å². The minimum absolute atomic E-state index is 0.260. The van der Waals surface area contributed by atoms with Crippen LogP contribution in [0.2, 0.25) is 0 Å². The highest BCUT2D eigenvalue weighted by Crippen LogP contribution is 2.10. The van der Waals surface area contributed by atoms with Crippen LogP contribution in [0.1, 0.15) is 77.3 Å². The SMILES string of the molecule is CCCCCN(CCC)C(=N)c1ccc(C#CC(C)C(=O)NC(=O)CCC)cc1. The number of imide groups is 1. The molecule has 0 saturated carbocycles. The van der Waals surface area contributed by atoms with Crippen LogP contribution in [0.3, 0.4) is 0 Å². The molecular weight excluding hydrogens is 362 g/mol. The second-order valence-electron chi connectivity index (χ2n) is 7.27. The quantitative estimate of drug-likeness (QED) is 0.267. The van der Waals surface area contributed by atoms with E-state index in [2.05, 4.69) is 35.9 Å². The Balaban J connectivity index is 2.73. The van der Waals surface area contributed by atoms with Crippen molar-refractivity contribution in [1.29, 1.82) is 5.41 Å². The van der Waals surface area contributed by atoms with Crippen molar-refractivity contribution in [2.75, 3.05) is 13.1 Å². The summed E-state index contributed by atoms with van der Waals surface area (Å²) in [6.45, 7) is 9.68. The van der Waals surface area contributed by atoms with Crippen molar-refractivity contribution in [3.05, 3.63) is 35.4 Å². The van der Waals surface area contributed by atoms with Gasteiger partial charge in [0, 0.05) is 30.6 Å². The largest absolute Gasteiger partial charge is 0.357 e. The molecule has 0 radical (unpaired) electrons. The Kier molecular flexibility index (Phi) is 11.4. The van der Waals surface area contributed by atoms with E-state index in [4.69, 9.17) is 5.41 Å². The second kappa shape index (κ2) is 13.5. The Morgan fingerprint density at radius 1 is 1.03 bits per heavy atom. The van der Waals surface area contributed by atoms with Gasteiger partial charge in [-0.3, -0.25) is 20.3 Å². The van der Waals surface area contributed by atoms with Gasteiger partial charge in [0.2, 0.25) is 11.8 Å². The molecule has 2 N–H and O–H groups in total. The molecule has 0 heterocycles. The van der Waals surface area contributed by atoms with Gasteiger partial charge in [0.25, 0.3) is 0 Å². The maximum absolute atomic E-state index is 12.0. The monoisotopic (exact) mass is 397 g/mol. The average molecular weight is 398 g/mol. The first-order valence-corrected chi connectivity index (χ1v) is 10.7. The van der Waals surface area contributed by atoms with Crippen LogP contribution in [0.5, 0.6) is 0 Å². The molecule has 1 aromatic rings. The molecule has 5 heteroatoms. The van der Waals surface area contributed by atoms with E-state index in [0.717, 1.165) is 37.1 Å². The number of carbonyl (C=O) groups is 2. The summed E-state index contributed by atoms with van der Waals surface area (Å²) in [7, 11) is 0. The van der Waals surface area contributed by atoms with Gasteiger partial charge in [-0.1, -0.05) is 57.6 Å². The fourth-order valence-electron chi connectivity index (χ4n) is 2.84. The van der Waals surface area contributed by atoms with Crippen molar-refractivity contribution in [3.8, 4) is 11.8 Å². The van der Waals surface area contributed by atoms with Crippen LogP contribution < -0.4 is 5.32 Å². The fraction of sp³-hybridized carbons (Fsp3) is 0.542. The number of rotatable bonds is 10. The van der Waals surface area contributed by atoms with E-state index in [1.807, 2.05) is 31.2 Å². The van der Waals surface area contributed by atoms with Gasteiger partial charge in [0.05, 0.1) is 5.92 Å². The zero-order chi connectivity index (χ0) is 21.6. The Bertz CT molecular complexity index is 729. The highest BCUT2D eigenvalue weighted by Gasteiger charge is 2.13. The third kappa shape index (κ3) is 8.95. The van der Waals surface area contributed by atoms with Gasteiger partial charge in [-0.05, 0) is 38.3 Å². The van der Waals surface area contributed by atoms with Crippen molar-refractivity contribution in [2.24, 2.45) is 5.92 Å².